The van der Waals surface area contributed by atoms with E-state index < -0.39 is 146 Å². The van der Waals surface area contributed by atoms with Gasteiger partial charge in [-0.3, -0.25) is 19.2 Å². The molecular weight excluding hydrogens is 1010 g/mol. The Kier molecular flexibility index (Phi) is 14.2. The Balaban J connectivity index is 0.000000190. The second-order valence-electron chi connectivity index (χ2n) is 24.7. The van der Waals surface area contributed by atoms with Crippen molar-refractivity contribution in [3.63, 3.8) is 0 Å². The molecule has 7 N–H and O–H groups in total. The molecule has 2 heterocycles. The largest absolute Gasteiger partial charge is 0.455 e. The fourth-order valence-corrected chi connectivity index (χ4v) is 15.8. The number of aliphatic hydroxyl groups is 7. The molecular formula is C59H74O19. The average Bonchev–Trinajstić information content (AvgIpc) is 3.37. The third-order valence-corrected chi connectivity index (χ3v) is 20.2. The molecule has 0 amide bonds. The van der Waals surface area contributed by atoms with Gasteiger partial charge in [-0.2, -0.15) is 0 Å². The first-order valence-corrected chi connectivity index (χ1v) is 26.8. The number of carbonyl (C=O) groups is 6. The van der Waals surface area contributed by atoms with Gasteiger partial charge in [0.05, 0.1) is 71.4 Å². The normalized spacial score (nSPS) is 42.7. The van der Waals surface area contributed by atoms with Gasteiger partial charge in [0.25, 0.3) is 0 Å². The zero-order chi connectivity index (χ0) is 57.4. The molecule has 6 fully saturated rings. The molecule has 4 bridgehead atoms. The number of esters is 4. The van der Waals surface area contributed by atoms with Gasteiger partial charge in [0, 0.05) is 56.3 Å². The minimum atomic E-state index is -2.07. The number of fused-ring (bicyclic) bond motifs is 10. The van der Waals surface area contributed by atoms with E-state index in [4.69, 9.17) is 28.4 Å². The van der Waals surface area contributed by atoms with Crippen molar-refractivity contribution in [2.75, 3.05) is 13.2 Å². The zero-order valence-corrected chi connectivity index (χ0v) is 46.0. The van der Waals surface area contributed by atoms with Crippen LogP contribution in [-0.2, 0) is 47.6 Å². The summed E-state index contributed by atoms with van der Waals surface area (Å²) < 4.78 is 35.7. The van der Waals surface area contributed by atoms with E-state index in [1.807, 2.05) is 0 Å². The maximum Gasteiger partial charge on any atom is 0.338 e. The number of rotatable bonds is 6. The van der Waals surface area contributed by atoms with Gasteiger partial charge in [-0.05, 0) is 74.3 Å². The van der Waals surface area contributed by atoms with Crippen LogP contribution in [0.2, 0.25) is 0 Å². The number of ketones is 2. The highest BCUT2D eigenvalue weighted by Crippen LogP contribution is 2.66. The molecule has 2 aromatic carbocycles. The maximum absolute atomic E-state index is 14.5. The number of aliphatic hydroxyl groups excluding tert-OH is 5. The first kappa shape index (κ1) is 57.5. The highest BCUT2D eigenvalue weighted by atomic mass is 16.6. The molecule has 4 saturated carbocycles. The van der Waals surface area contributed by atoms with Gasteiger partial charge in [0.15, 0.2) is 17.0 Å². The van der Waals surface area contributed by atoms with Crippen molar-refractivity contribution in [3.05, 3.63) is 94.1 Å². The summed E-state index contributed by atoms with van der Waals surface area (Å²) in [7, 11) is 0. The summed E-state index contributed by atoms with van der Waals surface area (Å²) >= 11 is 0. The van der Waals surface area contributed by atoms with Crippen LogP contribution in [0.25, 0.3) is 0 Å². The summed E-state index contributed by atoms with van der Waals surface area (Å²) in [4.78, 5) is 80.9. The Morgan fingerprint density at radius 3 is 1.28 bits per heavy atom. The van der Waals surface area contributed by atoms with E-state index in [0.29, 0.717) is 16.7 Å². The summed E-state index contributed by atoms with van der Waals surface area (Å²) in [5.74, 6) is -7.27. The zero-order valence-electron chi connectivity index (χ0n) is 46.0. The number of hydrogen-bond acceptors (Lipinski definition) is 19. The van der Waals surface area contributed by atoms with Gasteiger partial charge in [-0.25, -0.2) is 9.59 Å². The van der Waals surface area contributed by atoms with Gasteiger partial charge < -0.3 is 64.2 Å². The lowest BCUT2D eigenvalue weighted by molar-refractivity contribution is -0.345. The first-order valence-electron chi connectivity index (χ1n) is 26.8. The van der Waals surface area contributed by atoms with Crippen molar-refractivity contribution in [1.29, 1.82) is 0 Å². The van der Waals surface area contributed by atoms with E-state index in [9.17, 15) is 64.5 Å². The second-order valence-corrected chi connectivity index (χ2v) is 24.7. The van der Waals surface area contributed by atoms with Crippen LogP contribution in [-0.4, -0.2) is 162 Å². The minimum absolute atomic E-state index is 0.0283. The molecule has 6 aliphatic carbocycles. The summed E-state index contributed by atoms with van der Waals surface area (Å²) in [5.41, 5.74) is -11.0. The van der Waals surface area contributed by atoms with E-state index >= 15 is 0 Å². The summed E-state index contributed by atoms with van der Waals surface area (Å²) in [6, 6.07) is 16.3. The smallest absolute Gasteiger partial charge is 0.338 e. The molecule has 10 rings (SSSR count). The molecule has 2 unspecified atom stereocenters. The number of benzene rings is 2. The maximum atomic E-state index is 14.5. The van der Waals surface area contributed by atoms with E-state index in [1.54, 1.807) is 104 Å². The Morgan fingerprint density at radius 1 is 0.564 bits per heavy atom. The SMILES string of the molecule is CC(=O)O[C@@]12CO[C@@H]1C[C@H](O)[C@@]1(C)C(=O)[C@H](C)C3=C(C)[C@@H](O)C[C@@](O)([C@@H](OC(=O)c4ccccc4)C12)C3(C)C.CC(=O)O[C@@]12CO[C@@H]1C[C@H](O)[C@@]1(C)C(=O)[C@H](O)C3=C(C)[C@@H](O)C[C@@](O)([C@@H](OC(=O)c4ccccc4)C12)C3(C)C. The van der Waals surface area contributed by atoms with E-state index in [-0.39, 0.29) is 61.4 Å². The first-order chi connectivity index (χ1) is 36.2. The van der Waals surface area contributed by atoms with E-state index in [1.165, 1.54) is 32.9 Å². The lowest BCUT2D eigenvalue weighted by atomic mass is 9.43. The Morgan fingerprint density at radius 2 is 0.923 bits per heavy atom. The van der Waals surface area contributed by atoms with Crippen LogP contribution in [0.4, 0.5) is 0 Å². The van der Waals surface area contributed by atoms with Crippen LogP contribution in [0.15, 0.2) is 83.0 Å². The lowest BCUT2D eigenvalue weighted by Gasteiger charge is -2.67. The molecule has 0 aromatic heterocycles. The molecule has 0 radical (unpaired) electrons. The van der Waals surface area contributed by atoms with Crippen LogP contribution < -0.4 is 0 Å². The molecule has 78 heavy (non-hydrogen) atoms. The molecule has 2 aromatic rings. The van der Waals surface area contributed by atoms with Crippen LogP contribution in [0, 0.1) is 39.4 Å². The average molecular weight is 1090 g/mol. The molecule has 19 heteroatoms. The Hall–Kier alpha value is -5.22. The van der Waals surface area contributed by atoms with E-state index in [2.05, 4.69) is 0 Å². The highest BCUT2D eigenvalue weighted by molar-refractivity contribution is 5.95. The van der Waals surface area contributed by atoms with Crippen molar-refractivity contribution in [2.45, 2.75) is 179 Å². The highest BCUT2D eigenvalue weighted by Gasteiger charge is 2.79. The third kappa shape index (κ3) is 7.91. The van der Waals surface area contributed by atoms with Gasteiger partial charge >= 0.3 is 23.9 Å². The molecule has 2 aliphatic heterocycles. The van der Waals surface area contributed by atoms with Crippen LogP contribution in [0.3, 0.4) is 0 Å². The number of hydrogen-bond donors (Lipinski definition) is 7. The van der Waals surface area contributed by atoms with Crippen molar-refractivity contribution < 1.29 is 92.9 Å². The standard InChI is InChI=1S/C30H38O9.C29H36O10/c1-15-19(32)13-30(36)25(38-26(35)18-10-8-7-9-11-18)23-28(6,24(34)16(2)22(15)27(30,4)5)20(33)12-21-29(23,14-37-21)39-17(3)31;1-14-17(31)12-29(36)24(38-25(35)16-9-7-6-8-10-16)22-27(5,23(34)21(33)20(14)26(29,3)4)18(32)11-19-28(22,13-37-19)39-15(2)30/h7-11,16,19-21,23,25,32-33,36H,12-14H2,1-6H3;6-10,17-19,21-22,24,31-33,36H,11-13H2,1-5H3/t16-,19+,20+,21-,23?,25+,28-,29+,30-;17-,18-,19+,21+,22?,24-,27+,28-,29+/m10/s1. The number of carbonyl (C=O) groups excluding carboxylic acids is 6. The van der Waals surface area contributed by atoms with Crippen molar-refractivity contribution >= 4 is 35.4 Å². The van der Waals surface area contributed by atoms with Crippen molar-refractivity contribution in [3.8, 4) is 0 Å². The van der Waals surface area contributed by atoms with Crippen LogP contribution in [0.1, 0.15) is 123 Å². The quantitative estimate of drug-likeness (QED) is 0.124. The third-order valence-electron chi connectivity index (χ3n) is 20.2. The topological polar surface area (TPSA) is 299 Å². The van der Waals surface area contributed by atoms with Gasteiger partial charge in [0.1, 0.15) is 47.5 Å². The van der Waals surface area contributed by atoms with Crippen molar-refractivity contribution in [2.24, 2.45) is 39.4 Å². The Bertz CT molecular complexity index is 2670. The van der Waals surface area contributed by atoms with E-state index in [0.717, 1.165) is 0 Å². The fraction of sp³-hybridized carbons (Fsp3) is 0.627. The van der Waals surface area contributed by atoms with Gasteiger partial charge in [-0.1, -0.05) is 71.0 Å². The summed E-state index contributed by atoms with van der Waals surface area (Å²) in [6.07, 6.45) is -12.0. The van der Waals surface area contributed by atoms with Gasteiger partial charge in [0.2, 0.25) is 0 Å². The molecule has 2 saturated heterocycles. The van der Waals surface area contributed by atoms with Crippen LogP contribution in [0.5, 0.6) is 0 Å². The molecule has 18 atom stereocenters. The summed E-state index contributed by atoms with van der Waals surface area (Å²) in [5, 5.41) is 82.3. The predicted octanol–water partition coefficient (Wildman–Crippen LogP) is 3.44. The van der Waals surface area contributed by atoms with Crippen molar-refractivity contribution in [1.82, 2.24) is 0 Å². The van der Waals surface area contributed by atoms with Gasteiger partial charge in [-0.15, -0.1) is 0 Å². The minimum Gasteiger partial charge on any atom is -0.455 e. The molecule has 0 spiro atoms. The molecule has 8 aliphatic rings. The fourth-order valence-electron chi connectivity index (χ4n) is 15.8. The second kappa shape index (κ2) is 19.2. The lowest BCUT2D eigenvalue weighted by Crippen LogP contribution is -2.81. The van der Waals surface area contributed by atoms with Crippen LogP contribution >= 0.6 is 0 Å². The Labute approximate surface area is 452 Å². The number of Topliss-reactive ketones (excluding diaryl/α,β-unsaturated/α-hetero) is 2. The summed E-state index contributed by atoms with van der Waals surface area (Å²) in [6.45, 7) is 17.1. The monoisotopic (exact) mass is 1090 g/mol. The predicted molar refractivity (Wildman–Crippen MR) is 274 cm³/mol. The molecule has 424 valence electrons. The molecule has 19 nitrogen and oxygen atoms in total. The number of ether oxygens (including phenoxy) is 6.